The van der Waals surface area contributed by atoms with E-state index >= 15 is 0 Å². The minimum absolute atomic E-state index is 0.124. The molecule has 7 nitrogen and oxygen atoms in total. The molecule has 0 atom stereocenters. The van der Waals surface area contributed by atoms with Crippen molar-refractivity contribution in [2.24, 2.45) is 21.5 Å². The molecule has 0 unspecified atom stereocenters. The molecule has 3 rings (SSSR count). The summed E-state index contributed by atoms with van der Waals surface area (Å²) in [6, 6.07) is 4.06. The predicted octanol–water partition coefficient (Wildman–Crippen LogP) is 2.37. The molecule has 25 heavy (non-hydrogen) atoms. The standard InChI is InChI=1S/C18H26N6O/c1-11-9-12(2)15(21-13(3)25)14(10-11)24-17(20)22-16(19)23-18(24)7-5-4-6-8-18/h9-10H,4-8H2,1-3H3,(H,21,25)(H4,19,20,22,23). The van der Waals surface area contributed by atoms with Gasteiger partial charge in [-0.05, 0) is 56.7 Å². The van der Waals surface area contributed by atoms with Gasteiger partial charge in [-0.25, -0.2) is 4.99 Å². The molecular weight excluding hydrogens is 316 g/mol. The molecule has 1 aromatic rings. The molecule has 1 aliphatic heterocycles. The molecule has 1 spiro atoms. The summed E-state index contributed by atoms with van der Waals surface area (Å²) in [5.41, 5.74) is 15.4. The van der Waals surface area contributed by atoms with Crippen molar-refractivity contribution in [2.75, 3.05) is 10.2 Å². The van der Waals surface area contributed by atoms with E-state index in [9.17, 15) is 4.79 Å². The lowest BCUT2D eigenvalue weighted by molar-refractivity contribution is -0.114. The molecule has 1 aromatic carbocycles. The number of amides is 1. The summed E-state index contributed by atoms with van der Waals surface area (Å²) in [6.45, 7) is 5.50. The van der Waals surface area contributed by atoms with Crippen LogP contribution in [0.5, 0.6) is 0 Å². The Bertz CT molecular complexity index is 761. The number of guanidine groups is 2. The van der Waals surface area contributed by atoms with Gasteiger partial charge in [0.2, 0.25) is 17.8 Å². The molecule has 2 aliphatic rings. The summed E-state index contributed by atoms with van der Waals surface area (Å²) in [4.78, 5) is 22.6. The predicted molar refractivity (Wildman–Crippen MR) is 102 cm³/mol. The topological polar surface area (TPSA) is 109 Å². The van der Waals surface area contributed by atoms with Crippen molar-refractivity contribution in [3.63, 3.8) is 0 Å². The zero-order valence-electron chi connectivity index (χ0n) is 15.1. The van der Waals surface area contributed by atoms with Gasteiger partial charge in [-0.15, -0.1) is 0 Å². The first kappa shape index (κ1) is 17.3. The maximum Gasteiger partial charge on any atom is 0.221 e. The summed E-state index contributed by atoms with van der Waals surface area (Å²) in [5.74, 6) is 0.425. The number of nitrogens with two attached hydrogens (primary N) is 2. The number of nitrogens with one attached hydrogen (secondary N) is 1. The molecule has 0 saturated heterocycles. The first-order valence-electron chi connectivity index (χ1n) is 8.71. The van der Waals surface area contributed by atoms with E-state index in [0.717, 1.165) is 48.2 Å². The van der Waals surface area contributed by atoms with Crippen molar-refractivity contribution >= 4 is 29.2 Å². The molecule has 7 heteroatoms. The fourth-order valence-corrected chi connectivity index (χ4v) is 3.93. The van der Waals surface area contributed by atoms with Crippen LogP contribution in [-0.2, 0) is 4.79 Å². The van der Waals surface area contributed by atoms with E-state index in [1.54, 1.807) is 0 Å². The molecular formula is C18H26N6O. The zero-order valence-corrected chi connectivity index (χ0v) is 15.1. The second kappa shape index (κ2) is 6.38. The van der Waals surface area contributed by atoms with Crippen LogP contribution in [0.15, 0.2) is 22.1 Å². The summed E-state index contributed by atoms with van der Waals surface area (Å²) < 4.78 is 0. The van der Waals surface area contributed by atoms with Crippen LogP contribution in [0.25, 0.3) is 0 Å². The van der Waals surface area contributed by atoms with Crippen LogP contribution in [0.3, 0.4) is 0 Å². The summed E-state index contributed by atoms with van der Waals surface area (Å²) in [6.07, 6.45) is 5.00. The lowest BCUT2D eigenvalue weighted by Gasteiger charge is -2.46. The molecule has 0 aromatic heterocycles. The second-order valence-corrected chi connectivity index (χ2v) is 6.98. The molecule has 134 valence electrons. The number of rotatable bonds is 2. The van der Waals surface area contributed by atoms with Gasteiger partial charge >= 0.3 is 0 Å². The Morgan fingerprint density at radius 2 is 1.88 bits per heavy atom. The largest absolute Gasteiger partial charge is 0.369 e. The Kier molecular flexibility index (Phi) is 4.41. The van der Waals surface area contributed by atoms with Gasteiger partial charge in [-0.3, -0.25) is 9.69 Å². The maximum absolute atomic E-state index is 11.7. The van der Waals surface area contributed by atoms with E-state index in [4.69, 9.17) is 16.5 Å². The SMILES string of the molecule is CC(=O)Nc1c(C)cc(C)cc1N1C(N)=NC(N)=NC12CCCCC2. The number of hydrogen-bond acceptors (Lipinski definition) is 6. The lowest BCUT2D eigenvalue weighted by Crippen LogP contribution is -2.58. The Balaban J connectivity index is 2.19. The minimum atomic E-state index is -0.526. The van der Waals surface area contributed by atoms with E-state index < -0.39 is 5.66 Å². The highest BCUT2D eigenvalue weighted by atomic mass is 16.1. The molecule has 1 saturated carbocycles. The van der Waals surface area contributed by atoms with Crippen LogP contribution < -0.4 is 21.7 Å². The van der Waals surface area contributed by atoms with Crippen molar-refractivity contribution in [1.82, 2.24) is 0 Å². The maximum atomic E-state index is 11.7. The van der Waals surface area contributed by atoms with Gasteiger partial charge in [-0.2, -0.15) is 4.99 Å². The average molecular weight is 342 g/mol. The number of aliphatic imine (C=N–C) groups is 2. The van der Waals surface area contributed by atoms with Gasteiger partial charge in [0.1, 0.15) is 5.66 Å². The second-order valence-electron chi connectivity index (χ2n) is 6.98. The van der Waals surface area contributed by atoms with Crippen LogP contribution in [0.2, 0.25) is 0 Å². The number of benzene rings is 1. The molecule has 5 N–H and O–H groups in total. The smallest absolute Gasteiger partial charge is 0.221 e. The summed E-state index contributed by atoms with van der Waals surface area (Å²) in [7, 11) is 0. The fourth-order valence-electron chi connectivity index (χ4n) is 3.93. The van der Waals surface area contributed by atoms with Gasteiger partial charge in [0, 0.05) is 6.92 Å². The molecule has 1 fully saturated rings. The van der Waals surface area contributed by atoms with E-state index in [2.05, 4.69) is 10.3 Å². The molecule has 0 bridgehead atoms. The first-order valence-corrected chi connectivity index (χ1v) is 8.71. The number of hydrogen-bond donors (Lipinski definition) is 3. The summed E-state index contributed by atoms with van der Waals surface area (Å²) in [5, 5.41) is 2.95. The Morgan fingerprint density at radius 3 is 2.52 bits per heavy atom. The third-order valence-corrected chi connectivity index (χ3v) is 4.85. The number of carbonyl (C=O) groups excluding carboxylic acids is 1. The van der Waals surface area contributed by atoms with Gasteiger partial charge in [0.05, 0.1) is 11.4 Å². The van der Waals surface area contributed by atoms with Crippen LogP contribution in [-0.4, -0.2) is 23.5 Å². The Hall–Kier alpha value is -2.57. The quantitative estimate of drug-likeness (QED) is 0.766. The molecule has 0 radical (unpaired) electrons. The third-order valence-electron chi connectivity index (χ3n) is 4.85. The normalized spacial score (nSPS) is 19.4. The molecule has 1 amide bonds. The van der Waals surface area contributed by atoms with Crippen LogP contribution >= 0.6 is 0 Å². The van der Waals surface area contributed by atoms with Gasteiger partial charge < -0.3 is 16.8 Å². The minimum Gasteiger partial charge on any atom is -0.369 e. The van der Waals surface area contributed by atoms with Crippen LogP contribution in [0, 0.1) is 13.8 Å². The number of carbonyl (C=O) groups is 1. The number of aryl methyl sites for hydroxylation is 2. The number of anilines is 2. The molecule has 1 aliphatic carbocycles. The number of nitrogens with zero attached hydrogens (tertiary/aromatic N) is 3. The van der Waals surface area contributed by atoms with Crippen molar-refractivity contribution in [2.45, 2.75) is 58.5 Å². The van der Waals surface area contributed by atoms with Crippen molar-refractivity contribution in [3.8, 4) is 0 Å². The Morgan fingerprint density at radius 1 is 1.20 bits per heavy atom. The van der Waals surface area contributed by atoms with Crippen molar-refractivity contribution in [3.05, 3.63) is 23.3 Å². The van der Waals surface area contributed by atoms with Gasteiger partial charge in [-0.1, -0.05) is 12.5 Å². The highest BCUT2D eigenvalue weighted by Gasteiger charge is 2.43. The van der Waals surface area contributed by atoms with E-state index in [1.807, 2.05) is 30.9 Å². The van der Waals surface area contributed by atoms with E-state index in [1.165, 1.54) is 13.3 Å². The fraction of sp³-hybridized carbons (Fsp3) is 0.500. The van der Waals surface area contributed by atoms with Gasteiger partial charge in [0.25, 0.3) is 0 Å². The monoisotopic (exact) mass is 342 g/mol. The zero-order chi connectivity index (χ0) is 18.2. The lowest BCUT2D eigenvalue weighted by atomic mass is 9.87. The average Bonchev–Trinajstić information content (AvgIpc) is 2.50. The van der Waals surface area contributed by atoms with Crippen molar-refractivity contribution < 1.29 is 4.79 Å². The van der Waals surface area contributed by atoms with Crippen LogP contribution in [0.4, 0.5) is 11.4 Å². The van der Waals surface area contributed by atoms with E-state index in [-0.39, 0.29) is 11.9 Å². The molecule has 1 heterocycles. The third kappa shape index (κ3) is 3.18. The highest BCUT2D eigenvalue weighted by Crippen LogP contribution is 2.43. The first-order chi connectivity index (χ1) is 11.8. The van der Waals surface area contributed by atoms with Gasteiger partial charge in [0.15, 0.2) is 0 Å². The Labute approximate surface area is 148 Å². The highest BCUT2D eigenvalue weighted by molar-refractivity contribution is 6.08. The summed E-state index contributed by atoms with van der Waals surface area (Å²) >= 11 is 0. The van der Waals surface area contributed by atoms with Crippen molar-refractivity contribution in [1.29, 1.82) is 0 Å². The van der Waals surface area contributed by atoms with E-state index in [0.29, 0.717) is 5.96 Å². The van der Waals surface area contributed by atoms with Crippen LogP contribution in [0.1, 0.15) is 50.2 Å².